The lowest BCUT2D eigenvalue weighted by Crippen LogP contribution is -1.99. The number of thioether (sulfide) groups is 1. The number of aryl methyl sites for hydroxylation is 1. The minimum absolute atomic E-state index is 0.359. The molecule has 0 aromatic heterocycles. The van der Waals surface area contributed by atoms with Gasteiger partial charge in [-0.25, -0.2) is 0 Å². The van der Waals surface area contributed by atoms with Gasteiger partial charge in [0.05, 0.1) is 0 Å². The zero-order valence-electron chi connectivity index (χ0n) is 7.69. The SMILES string of the molecule is Cc1cccc(C=O)c1SC(=O)CO. The molecule has 0 saturated heterocycles. The number of aldehydes is 1. The summed E-state index contributed by atoms with van der Waals surface area (Å²) in [5, 5.41) is 8.23. The van der Waals surface area contributed by atoms with Crippen molar-refractivity contribution in [2.45, 2.75) is 11.8 Å². The maximum Gasteiger partial charge on any atom is 0.219 e. The van der Waals surface area contributed by atoms with Gasteiger partial charge in [-0.2, -0.15) is 0 Å². The number of hydrogen-bond acceptors (Lipinski definition) is 4. The van der Waals surface area contributed by atoms with Crippen LogP contribution in [0.3, 0.4) is 0 Å². The standard InChI is InChI=1S/C10H10O3S/c1-7-3-2-4-8(5-11)10(7)14-9(13)6-12/h2-5,12H,6H2,1H3. The first kappa shape index (κ1) is 10.9. The van der Waals surface area contributed by atoms with Gasteiger partial charge >= 0.3 is 0 Å². The van der Waals surface area contributed by atoms with Crippen LogP contribution in [0.15, 0.2) is 23.1 Å². The lowest BCUT2D eigenvalue weighted by Gasteiger charge is -2.05. The molecule has 4 heteroatoms. The van der Waals surface area contributed by atoms with E-state index in [4.69, 9.17) is 5.11 Å². The summed E-state index contributed by atoms with van der Waals surface area (Å²) in [6, 6.07) is 5.22. The highest BCUT2D eigenvalue weighted by atomic mass is 32.2. The molecule has 74 valence electrons. The number of benzene rings is 1. The Morgan fingerprint density at radius 2 is 2.29 bits per heavy atom. The Balaban J connectivity index is 3.04. The second kappa shape index (κ2) is 4.93. The fourth-order valence-corrected chi connectivity index (χ4v) is 1.81. The number of rotatable bonds is 3. The van der Waals surface area contributed by atoms with Crippen LogP contribution in [0.1, 0.15) is 15.9 Å². The van der Waals surface area contributed by atoms with Crippen LogP contribution >= 0.6 is 11.8 Å². The van der Waals surface area contributed by atoms with Crippen LogP contribution in [-0.4, -0.2) is 23.1 Å². The molecule has 3 nitrogen and oxygen atoms in total. The number of aliphatic hydroxyl groups excluding tert-OH is 1. The van der Waals surface area contributed by atoms with E-state index in [1.807, 2.05) is 13.0 Å². The van der Waals surface area contributed by atoms with Gasteiger partial charge < -0.3 is 5.11 Å². The van der Waals surface area contributed by atoms with Crippen molar-refractivity contribution in [3.8, 4) is 0 Å². The highest BCUT2D eigenvalue weighted by Crippen LogP contribution is 2.25. The average molecular weight is 210 g/mol. The summed E-state index contributed by atoms with van der Waals surface area (Å²) in [6.45, 7) is 1.30. The fraction of sp³-hybridized carbons (Fsp3) is 0.200. The molecule has 1 aromatic carbocycles. The maximum atomic E-state index is 11.0. The molecule has 0 saturated carbocycles. The molecule has 1 rings (SSSR count). The van der Waals surface area contributed by atoms with E-state index >= 15 is 0 Å². The lowest BCUT2D eigenvalue weighted by atomic mass is 10.1. The van der Waals surface area contributed by atoms with Gasteiger partial charge in [-0.1, -0.05) is 18.2 Å². The second-order valence-corrected chi connectivity index (χ2v) is 3.81. The predicted molar refractivity (Wildman–Crippen MR) is 54.5 cm³/mol. The van der Waals surface area contributed by atoms with E-state index in [-0.39, 0.29) is 5.12 Å². The van der Waals surface area contributed by atoms with Gasteiger partial charge in [-0.3, -0.25) is 9.59 Å². The van der Waals surface area contributed by atoms with Gasteiger partial charge in [0.1, 0.15) is 6.61 Å². The van der Waals surface area contributed by atoms with E-state index in [9.17, 15) is 9.59 Å². The molecule has 14 heavy (non-hydrogen) atoms. The normalized spacial score (nSPS) is 9.86. The molecule has 0 fully saturated rings. The summed E-state index contributed by atoms with van der Waals surface area (Å²) >= 11 is 0.901. The predicted octanol–water partition coefficient (Wildman–Crippen LogP) is 1.42. The summed E-state index contributed by atoms with van der Waals surface area (Å²) in [5.74, 6) is 0. The quantitative estimate of drug-likeness (QED) is 0.605. The molecule has 0 atom stereocenters. The average Bonchev–Trinajstić information content (AvgIpc) is 2.20. The van der Waals surface area contributed by atoms with Crippen molar-refractivity contribution in [2.75, 3.05) is 6.61 Å². The first-order chi connectivity index (χ1) is 6.69. The van der Waals surface area contributed by atoms with Crippen LogP contribution in [0.4, 0.5) is 0 Å². The van der Waals surface area contributed by atoms with Gasteiger partial charge in [0.15, 0.2) is 6.29 Å². The number of carbonyl (C=O) groups excluding carboxylic acids is 2. The van der Waals surface area contributed by atoms with E-state index in [1.165, 1.54) is 0 Å². The molecule has 1 N–H and O–H groups in total. The Kier molecular flexibility index (Phi) is 3.85. The van der Waals surface area contributed by atoms with E-state index in [2.05, 4.69) is 0 Å². The zero-order valence-corrected chi connectivity index (χ0v) is 8.50. The van der Waals surface area contributed by atoms with Crippen molar-refractivity contribution >= 4 is 23.2 Å². The van der Waals surface area contributed by atoms with Crippen LogP contribution in [0.25, 0.3) is 0 Å². The van der Waals surface area contributed by atoms with Crippen molar-refractivity contribution in [1.29, 1.82) is 0 Å². The van der Waals surface area contributed by atoms with Gasteiger partial charge in [0.25, 0.3) is 0 Å². The number of aliphatic hydroxyl groups is 1. The van der Waals surface area contributed by atoms with Crippen molar-refractivity contribution in [2.24, 2.45) is 0 Å². The second-order valence-electron chi connectivity index (χ2n) is 2.74. The molecule has 0 amide bonds. The van der Waals surface area contributed by atoms with E-state index in [0.717, 1.165) is 17.3 Å². The van der Waals surface area contributed by atoms with Crippen molar-refractivity contribution < 1.29 is 14.7 Å². The van der Waals surface area contributed by atoms with E-state index in [1.54, 1.807) is 12.1 Å². The third-order valence-electron chi connectivity index (χ3n) is 1.71. The first-order valence-corrected chi connectivity index (χ1v) is 4.87. The molecule has 0 heterocycles. The monoisotopic (exact) mass is 210 g/mol. The number of carbonyl (C=O) groups is 2. The van der Waals surface area contributed by atoms with Crippen molar-refractivity contribution in [3.05, 3.63) is 29.3 Å². The largest absolute Gasteiger partial charge is 0.388 e. The summed E-state index contributed by atoms with van der Waals surface area (Å²) in [5.41, 5.74) is 1.35. The zero-order chi connectivity index (χ0) is 10.6. The Morgan fingerprint density at radius 1 is 1.57 bits per heavy atom. The molecule has 0 bridgehead atoms. The molecule has 0 aliphatic rings. The Labute approximate surface area is 86.1 Å². The fourth-order valence-electron chi connectivity index (χ4n) is 1.05. The number of hydrogen-bond donors (Lipinski definition) is 1. The summed E-state index contributed by atoms with van der Waals surface area (Å²) in [4.78, 5) is 22.3. The van der Waals surface area contributed by atoms with E-state index < -0.39 is 6.61 Å². The lowest BCUT2D eigenvalue weighted by molar-refractivity contribution is -0.113. The Morgan fingerprint density at radius 3 is 2.86 bits per heavy atom. The maximum absolute atomic E-state index is 11.0. The molecule has 0 aliphatic heterocycles. The van der Waals surface area contributed by atoms with Crippen molar-refractivity contribution in [3.63, 3.8) is 0 Å². The van der Waals surface area contributed by atoms with E-state index in [0.29, 0.717) is 16.7 Å². The third-order valence-corrected chi connectivity index (χ3v) is 2.83. The molecule has 0 unspecified atom stereocenters. The first-order valence-electron chi connectivity index (χ1n) is 4.05. The van der Waals surface area contributed by atoms with Gasteiger partial charge in [0.2, 0.25) is 5.12 Å². The molecule has 0 radical (unpaired) electrons. The van der Waals surface area contributed by atoms with Crippen molar-refractivity contribution in [1.82, 2.24) is 0 Å². The smallest absolute Gasteiger partial charge is 0.219 e. The van der Waals surface area contributed by atoms with Crippen LogP contribution in [0.2, 0.25) is 0 Å². The van der Waals surface area contributed by atoms with Crippen LogP contribution in [0, 0.1) is 6.92 Å². The summed E-state index contributed by atoms with van der Waals surface area (Å²) in [6.07, 6.45) is 0.708. The van der Waals surface area contributed by atoms with Gasteiger partial charge in [-0.15, -0.1) is 0 Å². The Hall–Kier alpha value is -1.13. The third kappa shape index (κ3) is 2.43. The molecular formula is C10H10O3S. The molecule has 0 spiro atoms. The van der Waals surface area contributed by atoms with Crippen LogP contribution in [0.5, 0.6) is 0 Å². The minimum Gasteiger partial charge on any atom is -0.388 e. The summed E-state index contributed by atoms with van der Waals surface area (Å²) in [7, 11) is 0. The highest BCUT2D eigenvalue weighted by molar-refractivity contribution is 8.13. The Bertz CT molecular complexity index is 360. The minimum atomic E-state index is -0.517. The van der Waals surface area contributed by atoms with Crippen LogP contribution < -0.4 is 0 Å². The molecular weight excluding hydrogens is 200 g/mol. The van der Waals surface area contributed by atoms with Crippen LogP contribution in [-0.2, 0) is 4.79 Å². The topological polar surface area (TPSA) is 54.4 Å². The van der Waals surface area contributed by atoms with Gasteiger partial charge in [0, 0.05) is 10.5 Å². The highest BCUT2D eigenvalue weighted by Gasteiger charge is 2.09. The molecule has 1 aromatic rings. The summed E-state index contributed by atoms with van der Waals surface area (Å²) < 4.78 is 0. The van der Waals surface area contributed by atoms with Gasteiger partial charge in [-0.05, 0) is 24.2 Å². The molecule has 0 aliphatic carbocycles.